The molecular formula is C18H26S4. The van der Waals surface area contributed by atoms with Crippen LogP contribution < -0.4 is 0 Å². The van der Waals surface area contributed by atoms with Crippen LogP contribution in [0.2, 0.25) is 0 Å². The predicted octanol–water partition coefficient (Wildman–Crippen LogP) is 6.44. The first-order valence-corrected chi connectivity index (χ1v) is 12.6. The highest BCUT2D eigenvalue weighted by Gasteiger charge is 2.25. The van der Waals surface area contributed by atoms with Crippen molar-refractivity contribution < 1.29 is 0 Å². The van der Waals surface area contributed by atoms with Gasteiger partial charge in [0.05, 0.1) is 0 Å². The van der Waals surface area contributed by atoms with Crippen LogP contribution in [0, 0.1) is 0 Å². The monoisotopic (exact) mass is 370 g/mol. The van der Waals surface area contributed by atoms with Crippen molar-refractivity contribution in [3.8, 4) is 0 Å². The molecule has 1 fully saturated rings. The van der Waals surface area contributed by atoms with Crippen molar-refractivity contribution in [3.63, 3.8) is 0 Å². The standard InChI is InChI=1S/C18H26S4/c1-2-8-16-15(7-1)19-11-5-13-21-17-9-3-4-10-18(17)22-14-6-12-20-16/h1-2,7-8,17-18H,3-6,9-14H2/t17-,18-/m0/s1. The smallest absolute Gasteiger partial charge is 0.0208 e. The summed E-state index contributed by atoms with van der Waals surface area (Å²) in [5.74, 6) is 5.25. The molecule has 1 saturated carbocycles. The number of thioether (sulfide) groups is 4. The van der Waals surface area contributed by atoms with Crippen molar-refractivity contribution in [2.24, 2.45) is 0 Å². The van der Waals surface area contributed by atoms with Gasteiger partial charge >= 0.3 is 0 Å². The second-order valence-corrected chi connectivity index (χ2v) is 10.9. The molecular weight excluding hydrogens is 344 g/mol. The molecule has 1 aromatic rings. The van der Waals surface area contributed by atoms with E-state index < -0.39 is 0 Å². The van der Waals surface area contributed by atoms with E-state index in [1.165, 1.54) is 71.3 Å². The number of fused-ring (bicyclic) bond motifs is 2. The Hall–Kier alpha value is 0.620. The Morgan fingerprint density at radius 3 is 1.64 bits per heavy atom. The lowest BCUT2D eigenvalue weighted by atomic mass is 10.00. The van der Waals surface area contributed by atoms with Gasteiger partial charge in [0.15, 0.2) is 0 Å². The van der Waals surface area contributed by atoms with Gasteiger partial charge < -0.3 is 0 Å². The molecule has 0 aromatic heterocycles. The van der Waals surface area contributed by atoms with E-state index in [2.05, 4.69) is 71.3 Å². The van der Waals surface area contributed by atoms with Gasteiger partial charge in [-0.2, -0.15) is 23.5 Å². The summed E-state index contributed by atoms with van der Waals surface area (Å²) in [6, 6.07) is 8.98. The summed E-state index contributed by atoms with van der Waals surface area (Å²) in [4.78, 5) is 3.00. The predicted molar refractivity (Wildman–Crippen MR) is 108 cm³/mol. The van der Waals surface area contributed by atoms with Crippen molar-refractivity contribution in [3.05, 3.63) is 24.3 Å². The van der Waals surface area contributed by atoms with Crippen molar-refractivity contribution in [2.75, 3.05) is 23.0 Å². The molecule has 0 N–H and O–H groups in total. The minimum absolute atomic E-state index is 0.937. The van der Waals surface area contributed by atoms with Gasteiger partial charge in [0.2, 0.25) is 0 Å². The number of rotatable bonds is 0. The maximum atomic E-state index is 2.30. The molecule has 0 radical (unpaired) electrons. The molecule has 0 amide bonds. The maximum absolute atomic E-state index is 2.30. The van der Waals surface area contributed by atoms with Gasteiger partial charge in [-0.15, -0.1) is 23.5 Å². The highest BCUT2D eigenvalue weighted by Crippen LogP contribution is 2.38. The van der Waals surface area contributed by atoms with Crippen molar-refractivity contribution in [1.29, 1.82) is 0 Å². The van der Waals surface area contributed by atoms with Gasteiger partial charge in [-0.3, -0.25) is 0 Å². The first-order chi connectivity index (χ1) is 10.9. The van der Waals surface area contributed by atoms with E-state index in [0.29, 0.717) is 0 Å². The molecule has 0 saturated heterocycles. The Bertz CT molecular complexity index is 407. The second kappa shape index (κ2) is 9.80. The molecule has 22 heavy (non-hydrogen) atoms. The van der Waals surface area contributed by atoms with Crippen LogP contribution >= 0.6 is 47.0 Å². The van der Waals surface area contributed by atoms with Crippen LogP contribution in [0.1, 0.15) is 38.5 Å². The minimum atomic E-state index is 0.937. The van der Waals surface area contributed by atoms with Crippen molar-refractivity contribution in [1.82, 2.24) is 0 Å². The molecule has 3 rings (SSSR count). The fourth-order valence-corrected chi connectivity index (χ4v) is 8.66. The summed E-state index contributed by atoms with van der Waals surface area (Å²) in [6.07, 6.45) is 8.56. The zero-order chi connectivity index (χ0) is 15.0. The lowest BCUT2D eigenvalue weighted by Gasteiger charge is -2.31. The van der Waals surface area contributed by atoms with Crippen LogP contribution in [0.4, 0.5) is 0 Å². The maximum Gasteiger partial charge on any atom is 0.0208 e. The van der Waals surface area contributed by atoms with E-state index >= 15 is 0 Å². The fourth-order valence-electron chi connectivity index (χ4n) is 3.08. The number of benzene rings is 1. The molecule has 2 atom stereocenters. The highest BCUT2D eigenvalue weighted by molar-refractivity contribution is 8.04. The normalized spacial score (nSPS) is 28.2. The molecule has 0 unspecified atom stereocenters. The lowest BCUT2D eigenvalue weighted by Crippen LogP contribution is -2.25. The molecule has 0 bridgehead atoms. The van der Waals surface area contributed by atoms with Gasteiger partial charge in [0.1, 0.15) is 0 Å². The van der Waals surface area contributed by atoms with E-state index in [4.69, 9.17) is 0 Å². The van der Waals surface area contributed by atoms with Gasteiger partial charge in [-0.05, 0) is 60.8 Å². The molecule has 2 aliphatic rings. The lowest BCUT2D eigenvalue weighted by molar-refractivity contribution is 0.527. The summed E-state index contributed by atoms with van der Waals surface area (Å²) >= 11 is 8.67. The summed E-state index contributed by atoms with van der Waals surface area (Å²) in [6.45, 7) is 0. The van der Waals surface area contributed by atoms with Crippen molar-refractivity contribution >= 4 is 47.0 Å². The van der Waals surface area contributed by atoms with Crippen LogP contribution in [-0.2, 0) is 0 Å². The fraction of sp³-hybridized carbons (Fsp3) is 0.667. The van der Waals surface area contributed by atoms with E-state index in [0.717, 1.165) is 10.5 Å². The quantitative estimate of drug-likeness (QED) is 0.515. The Morgan fingerprint density at radius 2 is 1.14 bits per heavy atom. The largest absolute Gasteiger partial charge is 0.157 e. The van der Waals surface area contributed by atoms with Crippen LogP contribution in [0.3, 0.4) is 0 Å². The molecule has 122 valence electrons. The topological polar surface area (TPSA) is 0 Å². The van der Waals surface area contributed by atoms with Crippen LogP contribution in [0.5, 0.6) is 0 Å². The zero-order valence-electron chi connectivity index (χ0n) is 13.2. The molecule has 0 nitrogen and oxygen atoms in total. The van der Waals surface area contributed by atoms with Crippen molar-refractivity contribution in [2.45, 2.75) is 58.8 Å². The average molecular weight is 371 g/mol. The summed E-state index contributed by atoms with van der Waals surface area (Å²) < 4.78 is 0. The Morgan fingerprint density at radius 1 is 0.636 bits per heavy atom. The van der Waals surface area contributed by atoms with Gasteiger partial charge in [0, 0.05) is 20.3 Å². The third-order valence-corrected chi connectivity index (χ3v) is 9.90. The first kappa shape index (κ1) is 17.4. The number of hydrogen-bond donors (Lipinski definition) is 0. The van der Waals surface area contributed by atoms with Gasteiger partial charge in [-0.25, -0.2) is 0 Å². The Balaban J connectivity index is 1.59. The molecule has 1 aliphatic heterocycles. The van der Waals surface area contributed by atoms with Crippen LogP contribution in [-0.4, -0.2) is 33.5 Å². The number of hydrogen-bond acceptors (Lipinski definition) is 4. The van der Waals surface area contributed by atoms with Gasteiger partial charge in [-0.1, -0.05) is 25.0 Å². The van der Waals surface area contributed by atoms with Gasteiger partial charge in [0.25, 0.3) is 0 Å². The molecule has 1 aliphatic carbocycles. The zero-order valence-corrected chi connectivity index (χ0v) is 16.4. The third-order valence-electron chi connectivity index (χ3n) is 4.25. The minimum Gasteiger partial charge on any atom is -0.157 e. The van der Waals surface area contributed by atoms with E-state index in [1.54, 1.807) is 0 Å². The third kappa shape index (κ3) is 5.32. The van der Waals surface area contributed by atoms with E-state index in [-0.39, 0.29) is 0 Å². The first-order valence-electron chi connectivity index (χ1n) is 8.51. The molecule has 1 heterocycles. The average Bonchev–Trinajstić information content (AvgIpc) is 2.56. The second-order valence-electron chi connectivity index (χ2n) is 5.95. The molecule has 0 spiro atoms. The Labute approximate surface area is 152 Å². The SMILES string of the molecule is c1ccc2c(c1)SCCCS[C@H]1CCCC[C@@H]1SCCCS2. The highest BCUT2D eigenvalue weighted by atomic mass is 32.2. The summed E-state index contributed by atoms with van der Waals surface area (Å²) in [5, 5.41) is 1.87. The summed E-state index contributed by atoms with van der Waals surface area (Å²) in [7, 11) is 0. The van der Waals surface area contributed by atoms with E-state index in [9.17, 15) is 0 Å². The van der Waals surface area contributed by atoms with Crippen LogP contribution in [0.15, 0.2) is 34.1 Å². The molecule has 4 heteroatoms. The van der Waals surface area contributed by atoms with Crippen LogP contribution in [0.25, 0.3) is 0 Å². The summed E-state index contributed by atoms with van der Waals surface area (Å²) in [5.41, 5.74) is 0. The van der Waals surface area contributed by atoms with E-state index in [1.807, 2.05) is 0 Å². The molecule has 1 aromatic carbocycles. The Kier molecular flexibility index (Phi) is 7.77.